The lowest BCUT2D eigenvalue weighted by Crippen LogP contribution is -2.12. The molecule has 0 N–H and O–H groups in total. The maximum absolute atomic E-state index is 11.7. The number of carbonyl (C=O) groups excluding carboxylic acids is 1. The maximum atomic E-state index is 11.7. The molecule has 0 unspecified atom stereocenters. The third-order valence-corrected chi connectivity index (χ3v) is 3.86. The highest BCUT2D eigenvalue weighted by atomic mass is 32.1. The van der Waals surface area contributed by atoms with Gasteiger partial charge in [-0.3, -0.25) is 0 Å². The van der Waals surface area contributed by atoms with E-state index in [0.29, 0.717) is 5.69 Å². The monoisotopic (exact) mass is 304 g/mol. The highest BCUT2D eigenvalue weighted by molar-refractivity contribution is 7.14. The van der Waals surface area contributed by atoms with Crippen molar-refractivity contribution in [3.8, 4) is 16.6 Å². The van der Waals surface area contributed by atoms with Crippen molar-refractivity contribution in [2.24, 2.45) is 0 Å². The van der Waals surface area contributed by atoms with E-state index in [1.54, 1.807) is 25.2 Å². The van der Waals surface area contributed by atoms with Crippen molar-refractivity contribution >= 4 is 34.7 Å². The second kappa shape index (κ2) is 6.46. The molecule has 0 amide bonds. The molecular weight excluding hydrogens is 292 g/mol. The fourth-order valence-electron chi connectivity index (χ4n) is 1.43. The Hall–Kier alpha value is -1.97. The van der Waals surface area contributed by atoms with Gasteiger partial charge in [-0.25, -0.2) is 9.78 Å². The molecule has 0 fully saturated rings. The Kier molecular flexibility index (Phi) is 4.66. The van der Waals surface area contributed by atoms with Gasteiger partial charge >= 0.3 is 5.97 Å². The number of thiazole rings is 1. The maximum Gasteiger partial charge on any atom is 0.349 e. The van der Waals surface area contributed by atoms with Gasteiger partial charge in [0, 0.05) is 16.3 Å². The summed E-state index contributed by atoms with van der Waals surface area (Å²) in [6.07, 6.45) is 1.20. The van der Waals surface area contributed by atoms with Gasteiger partial charge in [-0.1, -0.05) is 0 Å². The summed E-state index contributed by atoms with van der Waals surface area (Å²) in [5.41, 5.74) is 1.59. The fraction of sp³-hybridized carbons (Fsp3) is 0.214. The van der Waals surface area contributed by atoms with E-state index in [0.717, 1.165) is 10.6 Å². The van der Waals surface area contributed by atoms with Crippen LogP contribution in [0.2, 0.25) is 0 Å². The smallest absolute Gasteiger partial charge is 0.349 e. The Morgan fingerprint density at radius 2 is 2.30 bits per heavy atom. The number of ether oxygens (including phenoxy) is 1. The zero-order valence-corrected chi connectivity index (χ0v) is 12.6. The van der Waals surface area contributed by atoms with Crippen molar-refractivity contribution < 1.29 is 9.53 Å². The van der Waals surface area contributed by atoms with Crippen LogP contribution >= 0.6 is 22.7 Å². The number of thiophene rings is 1. The van der Waals surface area contributed by atoms with Gasteiger partial charge in [0.2, 0.25) is 0 Å². The summed E-state index contributed by atoms with van der Waals surface area (Å²) in [4.78, 5) is 16.1. The number of hydrogen-bond acceptors (Lipinski definition) is 6. The highest BCUT2D eigenvalue weighted by Crippen LogP contribution is 2.26. The number of rotatable bonds is 4. The molecule has 4 nitrogen and oxygen atoms in total. The molecule has 0 aromatic carbocycles. The molecule has 0 aliphatic heterocycles. The second-order valence-corrected chi connectivity index (χ2v) is 5.85. The fourth-order valence-corrected chi connectivity index (χ4v) is 2.92. The highest BCUT2D eigenvalue weighted by Gasteiger charge is 2.13. The summed E-state index contributed by atoms with van der Waals surface area (Å²) in [7, 11) is 0. The Labute approximate surface area is 125 Å². The molecule has 6 heteroatoms. The van der Waals surface area contributed by atoms with E-state index in [1.807, 2.05) is 28.3 Å². The molecule has 0 spiro atoms. The molecule has 2 heterocycles. The third-order valence-electron chi connectivity index (χ3n) is 2.27. The van der Waals surface area contributed by atoms with Crippen molar-refractivity contribution in [2.45, 2.75) is 20.0 Å². The Balaban J connectivity index is 2.21. The number of esters is 1. The Bertz CT molecular complexity index is 664. The zero-order chi connectivity index (χ0) is 14.5. The molecule has 0 aliphatic rings. The van der Waals surface area contributed by atoms with Crippen LogP contribution in [-0.4, -0.2) is 17.1 Å². The number of hydrogen-bond donors (Lipinski definition) is 0. The first-order valence-corrected chi connectivity index (χ1v) is 7.73. The topological polar surface area (TPSA) is 63.0 Å². The molecule has 20 heavy (non-hydrogen) atoms. The van der Waals surface area contributed by atoms with E-state index < -0.39 is 5.97 Å². The van der Waals surface area contributed by atoms with Crippen LogP contribution in [0.4, 0.5) is 0 Å². The van der Waals surface area contributed by atoms with Gasteiger partial charge in [-0.05, 0) is 31.4 Å². The molecule has 0 atom stereocenters. The molecule has 0 bridgehead atoms. The SMILES string of the molecule is CC(C)OC(=O)C(C#N)=Cc1csc(-c2ccsc2)n1. The predicted molar refractivity (Wildman–Crippen MR) is 80.2 cm³/mol. The third kappa shape index (κ3) is 3.53. The second-order valence-electron chi connectivity index (χ2n) is 4.21. The van der Waals surface area contributed by atoms with Crippen molar-refractivity contribution in [2.75, 3.05) is 0 Å². The van der Waals surface area contributed by atoms with Crippen molar-refractivity contribution in [3.63, 3.8) is 0 Å². The quantitative estimate of drug-likeness (QED) is 0.490. The molecule has 0 aliphatic carbocycles. The molecule has 0 saturated heterocycles. The normalized spacial score (nSPS) is 11.4. The lowest BCUT2D eigenvalue weighted by Gasteiger charge is -2.05. The summed E-state index contributed by atoms with van der Waals surface area (Å²) >= 11 is 3.07. The van der Waals surface area contributed by atoms with Crippen molar-refractivity contribution in [3.05, 3.63) is 33.5 Å². The van der Waals surface area contributed by atoms with Gasteiger partial charge in [-0.2, -0.15) is 16.6 Å². The standard InChI is InChI=1S/C14H12N2O2S2/c1-9(2)18-14(17)11(6-15)5-12-8-20-13(16-12)10-3-4-19-7-10/h3-5,7-9H,1-2H3. The molecule has 2 rings (SSSR count). The summed E-state index contributed by atoms with van der Waals surface area (Å²) < 4.78 is 5.00. The largest absolute Gasteiger partial charge is 0.459 e. The number of aromatic nitrogens is 1. The van der Waals surface area contributed by atoms with E-state index in [1.165, 1.54) is 17.4 Å². The lowest BCUT2D eigenvalue weighted by atomic mass is 10.2. The number of nitriles is 1. The van der Waals surface area contributed by atoms with Crippen LogP contribution in [0.3, 0.4) is 0 Å². The van der Waals surface area contributed by atoms with Crippen LogP contribution in [0, 0.1) is 11.3 Å². The van der Waals surface area contributed by atoms with Crippen LogP contribution in [0.15, 0.2) is 27.8 Å². The number of nitrogens with zero attached hydrogens (tertiary/aromatic N) is 2. The Morgan fingerprint density at radius 3 is 2.90 bits per heavy atom. The summed E-state index contributed by atoms with van der Waals surface area (Å²) in [6, 6.07) is 3.83. The molecule has 2 aromatic rings. The summed E-state index contributed by atoms with van der Waals surface area (Å²) in [6.45, 7) is 3.48. The van der Waals surface area contributed by atoms with Crippen molar-refractivity contribution in [1.29, 1.82) is 5.26 Å². The van der Waals surface area contributed by atoms with Crippen LogP contribution in [0.1, 0.15) is 19.5 Å². The molecule has 0 saturated carbocycles. The van der Waals surface area contributed by atoms with Crippen LogP contribution in [0.5, 0.6) is 0 Å². The average molecular weight is 304 g/mol. The minimum Gasteiger partial charge on any atom is -0.459 e. The van der Waals surface area contributed by atoms with Crippen LogP contribution in [0.25, 0.3) is 16.6 Å². The van der Waals surface area contributed by atoms with Gasteiger partial charge in [-0.15, -0.1) is 11.3 Å². The molecule has 102 valence electrons. The van der Waals surface area contributed by atoms with E-state index >= 15 is 0 Å². The Morgan fingerprint density at radius 1 is 1.50 bits per heavy atom. The van der Waals surface area contributed by atoms with Crippen LogP contribution < -0.4 is 0 Å². The van der Waals surface area contributed by atoms with E-state index in [4.69, 9.17) is 10.00 Å². The van der Waals surface area contributed by atoms with Crippen LogP contribution in [-0.2, 0) is 9.53 Å². The first kappa shape index (κ1) is 14.4. The molecule has 0 radical (unpaired) electrons. The van der Waals surface area contributed by atoms with Crippen molar-refractivity contribution in [1.82, 2.24) is 4.98 Å². The first-order valence-electron chi connectivity index (χ1n) is 5.91. The lowest BCUT2D eigenvalue weighted by molar-refractivity contribution is -0.142. The van der Waals surface area contributed by atoms with Gasteiger partial charge in [0.1, 0.15) is 16.6 Å². The van der Waals surface area contributed by atoms with Gasteiger partial charge in [0.05, 0.1) is 11.8 Å². The zero-order valence-electron chi connectivity index (χ0n) is 11.0. The summed E-state index contributed by atoms with van der Waals surface area (Å²) in [5, 5.41) is 15.7. The average Bonchev–Trinajstić information content (AvgIpc) is 3.05. The van der Waals surface area contributed by atoms with Gasteiger partial charge in [0.25, 0.3) is 0 Å². The van der Waals surface area contributed by atoms with E-state index in [-0.39, 0.29) is 11.7 Å². The number of carbonyl (C=O) groups is 1. The predicted octanol–water partition coefficient (Wildman–Crippen LogP) is 3.73. The van der Waals surface area contributed by atoms with E-state index in [2.05, 4.69) is 4.98 Å². The first-order chi connectivity index (χ1) is 9.60. The minimum absolute atomic E-state index is 0.0409. The van der Waals surface area contributed by atoms with E-state index in [9.17, 15) is 4.79 Å². The minimum atomic E-state index is -0.618. The summed E-state index contributed by atoms with van der Waals surface area (Å²) in [5.74, 6) is -0.618. The molecule has 2 aromatic heterocycles. The van der Waals surface area contributed by atoms with Gasteiger partial charge < -0.3 is 4.74 Å². The molecular formula is C14H12N2O2S2. The van der Waals surface area contributed by atoms with Gasteiger partial charge in [0.15, 0.2) is 0 Å².